The molecule has 4 nitrogen and oxygen atoms in total. The number of para-hydroxylation sites is 1. The van der Waals surface area contributed by atoms with Crippen LogP contribution in [-0.4, -0.2) is 16.2 Å². The van der Waals surface area contributed by atoms with Crippen LogP contribution in [0.25, 0.3) is 0 Å². The number of aliphatic hydroxyl groups is 1. The summed E-state index contributed by atoms with van der Waals surface area (Å²) >= 11 is 0. The molecule has 0 saturated carbocycles. The highest BCUT2D eigenvalue weighted by atomic mass is 16.4. The van der Waals surface area contributed by atoms with Crippen molar-refractivity contribution in [2.75, 3.05) is 5.73 Å². The van der Waals surface area contributed by atoms with E-state index in [1.54, 1.807) is 24.3 Å². The SMILES string of the molecule is Nc1ccccc1C(O)CC(=O)O. The maximum absolute atomic E-state index is 10.3. The molecule has 70 valence electrons. The van der Waals surface area contributed by atoms with Gasteiger partial charge in [-0.3, -0.25) is 4.79 Å². The van der Waals surface area contributed by atoms with Gasteiger partial charge in [-0.2, -0.15) is 0 Å². The Hall–Kier alpha value is -1.55. The summed E-state index contributed by atoms with van der Waals surface area (Å²) in [6, 6.07) is 6.67. The van der Waals surface area contributed by atoms with Gasteiger partial charge in [0.25, 0.3) is 0 Å². The predicted octanol–water partition coefficient (Wildman–Crippen LogP) is 0.777. The second-order valence-electron chi connectivity index (χ2n) is 2.74. The van der Waals surface area contributed by atoms with Gasteiger partial charge in [-0.25, -0.2) is 0 Å². The lowest BCUT2D eigenvalue weighted by atomic mass is 10.1. The largest absolute Gasteiger partial charge is 0.481 e. The number of benzene rings is 1. The second-order valence-corrected chi connectivity index (χ2v) is 2.74. The highest BCUT2D eigenvalue weighted by Gasteiger charge is 2.13. The summed E-state index contributed by atoms with van der Waals surface area (Å²) in [5.41, 5.74) is 6.42. The Morgan fingerprint density at radius 1 is 1.46 bits per heavy atom. The summed E-state index contributed by atoms with van der Waals surface area (Å²) in [6.45, 7) is 0. The van der Waals surface area contributed by atoms with Gasteiger partial charge < -0.3 is 15.9 Å². The summed E-state index contributed by atoms with van der Waals surface area (Å²) in [4.78, 5) is 10.3. The van der Waals surface area contributed by atoms with Crippen molar-refractivity contribution in [3.63, 3.8) is 0 Å². The van der Waals surface area contributed by atoms with Crippen LogP contribution in [0, 0.1) is 0 Å². The number of nitrogen functional groups attached to an aromatic ring is 1. The van der Waals surface area contributed by atoms with E-state index in [2.05, 4.69) is 0 Å². The molecule has 0 bridgehead atoms. The minimum Gasteiger partial charge on any atom is -0.481 e. The van der Waals surface area contributed by atoms with Crippen molar-refractivity contribution in [1.29, 1.82) is 0 Å². The molecular formula is C9H11NO3. The third-order valence-corrected chi connectivity index (χ3v) is 1.72. The predicted molar refractivity (Wildman–Crippen MR) is 48.1 cm³/mol. The average molecular weight is 181 g/mol. The van der Waals surface area contributed by atoms with E-state index in [0.29, 0.717) is 11.3 Å². The van der Waals surface area contributed by atoms with E-state index in [1.165, 1.54) is 0 Å². The molecule has 0 saturated heterocycles. The molecule has 4 N–H and O–H groups in total. The van der Waals surface area contributed by atoms with Crippen LogP contribution in [0.15, 0.2) is 24.3 Å². The normalized spacial score (nSPS) is 12.4. The molecule has 0 amide bonds. The number of carboxylic acids is 1. The van der Waals surface area contributed by atoms with E-state index in [9.17, 15) is 9.90 Å². The molecule has 0 spiro atoms. The summed E-state index contributed by atoms with van der Waals surface area (Å²) in [5, 5.41) is 17.8. The Kier molecular flexibility index (Phi) is 2.87. The molecular weight excluding hydrogens is 170 g/mol. The van der Waals surface area contributed by atoms with Crippen molar-refractivity contribution >= 4 is 11.7 Å². The van der Waals surface area contributed by atoms with E-state index in [-0.39, 0.29) is 6.42 Å². The van der Waals surface area contributed by atoms with Crippen LogP contribution >= 0.6 is 0 Å². The molecule has 1 atom stereocenters. The number of nitrogens with two attached hydrogens (primary N) is 1. The van der Waals surface area contributed by atoms with E-state index < -0.39 is 12.1 Å². The lowest BCUT2D eigenvalue weighted by molar-refractivity contribution is -0.139. The monoisotopic (exact) mass is 181 g/mol. The van der Waals surface area contributed by atoms with Crippen molar-refractivity contribution < 1.29 is 15.0 Å². The molecule has 0 aliphatic rings. The van der Waals surface area contributed by atoms with E-state index in [4.69, 9.17) is 10.8 Å². The topological polar surface area (TPSA) is 83.5 Å². The molecule has 1 aromatic rings. The number of aliphatic carboxylic acids is 1. The number of hydrogen-bond donors (Lipinski definition) is 3. The van der Waals surface area contributed by atoms with Crippen molar-refractivity contribution in [1.82, 2.24) is 0 Å². The first-order valence-corrected chi connectivity index (χ1v) is 3.85. The Labute approximate surface area is 75.6 Å². The van der Waals surface area contributed by atoms with Gasteiger partial charge in [-0.05, 0) is 6.07 Å². The quantitative estimate of drug-likeness (QED) is 0.601. The Morgan fingerprint density at radius 3 is 2.62 bits per heavy atom. The molecule has 1 aromatic carbocycles. The first kappa shape index (κ1) is 9.54. The molecule has 1 unspecified atom stereocenters. The number of aliphatic hydroxyl groups excluding tert-OH is 1. The molecule has 0 heterocycles. The van der Waals surface area contributed by atoms with Crippen LogP contribution in [-0.2, 0) is 4.79 Å². The molecule has 1 rings (SSSR count). The lowest BCUT2D eigenvalue weighted by Gasteiger charge is -2.10. The highest BCUT2D eigenvalue weighted by molar-refractivity contribution is 5.68. The first-order valence-electron chi connectivity index (χ1n) is 3.85. The van der Waals surface area contributed by atoms with Crippen LogP contribution in [0.5, 0.6) is 0 Å². The zero-order valence-corrected chi connectivity index (χ0v) is 6.97. The van der Waals surface area contributed by atoms with Gasteiger partial charge in [0, 0.05) is 11.3 Å². The third-order valence-electron chi connectivity index (χ3n) is 1.72. The second kappa shape index (κ2) is 3.91. The van der Waals surface area contributed by atoms with Gasteiger partial charge in [0.15, 0.2) is 0 Å². The van der Waals surface area contributed by atoms with E-state index in [0.717, 1.165) is 0 Å². The fourth-order valence-electron chi connectivity index (χ4n) is 1.09. The van der Waals surface area contributed by atoms with Crippen LogP contribution in [0.2, 0.25) is 0 Å². The maximum Gasteiger partial charge on any atom is 0.306 e. The summed E-state index contributed by atoms with van der Waals surface area (Å²) in [6.07, 6.45) is -1.35. The van der Waals surface area contributed by atoms with Gasteiger partial charge in [0.2, 0.25) is 0 Å². The smallest absolute Gasteiger partial charge is 0.306 e. The number of carboxylic acid groups (broad SMARTS) is 1. The number of hydrogen-bond acceptors (Lipinski definition) is 3. The standard InChI is InChI=1S/C9H11NO3/c10-7-4-2-1-3-6(7)8(11)5-9(12)13/h1-4,8,11H,5,10H2,(H,12,13). The first-order chi connectivity index (χ1) is 6.11. The fourth-order valence-corrected chi connectivity index (χ4v) is 1.09. The molecule has 0 aliphatic heterocycles. The Morgan fingerprint density at radius 2 is 2.08 bits per heavy atom. The molecule has 0 radical (unpaired) electrons. The van der Waals surface area contributed by atoms with Crippen LogP contribution in [0.1, 0.15) is 18.1 Å². The van der Waals surface area contributed by atoms with Gasteiger partial charge in [0.05, 0.1) is 12.5 Å². The Balaban J connectivity index is 2.82. The molecule has 4 heteroatoms. The molecule has 0 aromatic heterocycles. The Bertz CT molecular complexity index is 311. The van der Waals surface area contributed by atoms with Gasteiger partial charge >= 0.3 is 5.97 Å². The minimum absolute atomic E-state index is 0.325. The highest BCUT2D eigenvalue weighted by Crippen LogP contribution is 2.22. The maximum atomic E-state index is 10.3. The van der Waals surface area contributed by atoms with Crippen molar-refractivity contribution in [3.8, 4) is 0 Å². The summed E-state index contributed by atoms with van der Waals surface area (Å²) < 4.78 is 0. The van der Waals surface area contributed by atoms with E-state index in [1.807, 2.05) is 0 Å². The molecule has 0 fully saturated rings. The number of rotatable bonds is 3. The third kappa shape index (κ3) is 2.45. The van der Waals surface area contributed by atoms with E-state index >= 15 is 0 Å². The van der Waals surface area contributed by atoms with Crippen molar-refractivity contribution in [2.24, 2.45) is 0 Å². The number of anilines is 1. The van der Waals surface area contributed by atoms with Gasteiger partial charge in [-0.15, -0.1) is 0 Å². The van der Waals surface area contributed by atoms with Crippen LogP contribution in [0.4, 0.5) is 5.69 Å². The number of carbonyl (C=O) groups is 1. The van der Waals surface area contributed by atoms with Crippen molar-refractivity contribution in [3.05, 3.63) is 29.8 Å². The zero-order valence-electron chi connectivity index (χ0n) is 6.97. The van der Waals surface area contributed by atoms with Gasteiger partial charge in [-0.1, -0.05) is 18.2 Å². The summed E-state index contributed by atoms with van der Waals surface area (Å²) in [7, 11) is 0. The van der Waals surface area contributed by atoms with Gasteiger partial charge in [0.1, 0.15) is 0 Å². The van der Waals surface area contributed by atoms with Crippen LogP contribution < -0.4 is 5.73 Å². The molecule has 0 aliphatic carbocycles. The van der Waals surface area contributed by atoms with Crippen molar-refractivity contribution in [2.45, 2.75) is 12.5 Å². The zero-order chi connectivity index (χ0) is 9.84. The lowest BCUT2D eigenvalue weighted by Crippen LogP contribution is -2.07. The average Bonchev–Trinajstić information content (AvgIpc) is 2.03. The summed E-state index contributed by atoms with van der Waals surface area (Å²) in [5.74, 6) is -1.05. The fraction of sp³-hybridized carbons (Fsp3) is 0.222. The minimum atomic E-state index is -1.05. The van der Waals surface area contributed by atoms with Crippen LogP contribution in [0.3, 0.4) is 0 Å². The molecule has 13 heavy (non-hydrogen) atoms.